The molecule has 1 aromatic heterocycles. The van der Waals surface area contributed by atoms with Crippen LogP contribution >= 0.6 is 23.2 Å². The Kier molecular flexibility index (Phi) is 6.49. The molecule has 2 rings (SSSR count). The maximum atomic E-state index is 12.6. The molecule has 0 spiro atoms. The van der Waals surface area contributed by atoms with E-state index < -0.39 is 23.7 Å². The van der Waals surface area contributed by atoms with Crippen LogP contribution in [0.15, 0.2) is 35.3 Å². The molecule has 146 valence electrons. The lowest BCUT2D eigenvalue weighted by Gasteiger charge is -2.20. The van der Waals surface area contributed by atoms with Crippen molar-refractivity contribution in [2.24, 2.45) is 0 Å². The van der Waals surface area contributed by atoms with Crippen LogP contribution in [0.5, 0.6) is 5.75 Å². The molecule has 27 heavy (non-hydrogen) atoms. The van der Waals surface area contributed by atoms with E-state index in [1.54, 1.807) is 20.8 Å². The molecule has 0 unspecified atom stereocenters. The zero-order valence-electron chi connectivity index (χ0n) is 14.8. The van der Waals surface area contributed by atoms with Crippen LogP contribution in [0.25, 0.3) is 11.1 Å². The van der Waals surface area contributed by atoms with E-state index in [1.165, 1.54) is 24.4 Å². The van der Waals surface area contributed by atoms with Gasteiger partial charge in [0.15, 0.2) is 0 Å². The number of rotatable bonds is 5. The van der Waals surface area contributed by atoms with Crippen LogP contribution in [-0.4, -0.2) is 22.7 Å². The molecule has 1 aromatic carbocycles. The summed E-state index contributed by atoms with van der Waals surface area (Å²) < 4.78 is 36.0. The average Bonchev–Trinajstić information content (AvgIpc) is 2.50. The van der Waals surface area contributed by atoms with Crippen molar-refractivity contribution < 1.29 is 23.0 Å². The zero-order chi connectivity index (χ0) is 20.4. The number of carbonyl (C=O) groups is 1. The highest BCUT2D eigenvalue weighted by atomic mass is 35.5. The largest absolute Gasteiger partial charge is 0.459 e. The third-order valence-corrected chi connectivity index (χ3v) is 3.78. The summed E-state index contributed by atoms with van der Waals surface area (Å²) in [6, 6.07) is 5.11. The summed E-state index contributed by atoms with van der Waals surface area (Å²) >= 11 is 12.1. The first-order chi connectivity index (χ1) is 12.5. The minimum atomic E-state index is -3.06. The van der Waals surface area contributed by atoms with E-state index in [2.05, 4.69) is 4.74 Å². The maximum Gasteiger partial charge on any atom is 0.387 e. The van der Waals surface area contributed by atoms with Crippen molar-refractivity contribution in [2.75, 3.05) is 0 Å². The van der Waals surface area contributed by atoms with E-state index in [1.807, 2.05) is 0 Å². The Balaban J connectivity index is 2.42. The van der Waals surface area contributed by atoms with E-state index in [-0.39, 0.29) is 33.5 Å². The molecule has 0 saturated carbocycles. The van der Waals surface area contributed by atoms with Crippen molar-refractivity contribution >= 4 is 29.2 Å². The highest BCUT2D eigenvalue weighted by Gasteiger charge is 2.19. The molecule has 0 aliphatic heterocycles. The van der Waals surface area contributed by atoms with Crippen molar-refractivity contribution in [3.8, 4) is 16.9 Å². The molecule has 0 radical (unpaired) electrons. The Hall–Kier alpha value is -2.12. The van der Waals surface area contributed by atoms with Gasteiger partial charge in [0.2, 0.25) is 0 Å². The fourth-order valence-corrected chi connectivity index (χ4v) is 2.75. The summed E-state index contributed by atoms with van der Waals surface area (Å²) in [6.45, 7) is 1.71. The third kappa shape index (κ3) is 5.94. The number of halogens is 4. The first-order valence-corrected chi connectivity index (χ1v) is 8.58. The number of esters is 1. The molecule has 0 saturated heterocycles. The normalized spacial score (nSPS) is 11.6. The lowest BCUT2D eigenvalue weighted by molar-refractivity contribution is -0.155. The second kappa shape index (κ2) is 8.27. The summed E-state index contributed by atoms with van der Waals surface area (Å²) in [7, 11) is 0. The Morgan fingerprint density at radius 1 is 1.19 bits per heavy atom. The molecular formula is C18H17Cl2F2NO4. The molecule has 2 aromatic rings. The Labute approximate surface area is 164 Å². The first kappa shape index (κ1) is 21.2. The van der Waals surface area contributed by atoms with E-state index in [4.69, 9.17) is 27.9 Å². The van der Waals surface area contributed by atoms with Gasteiger partial charge in [-0.3, -0.25) is 9.59 Å². The maximum absolute atomic E-state index is 12.6. The standard InChI is InChI=1S/C18H17Cl2F2NO4/c1-18(2,3)27-16(25)9-23-8-13(20)11(7-15(23)24)12-6-10(19)4-5-14(12)26-17(21)22/h4-8,17H,9H2,1-3H3. The smallest absolute Gasteiger partial charge is 0.387 e. The van der Waals surface area contributed by atoms with Crippen LogP contribution in [-0.2, 0) is 16.1 Å². The van der Waals surface area contributed by atoms with Crippen molar-refractivity contribution in [1.29, 1.82) is 0 Å². The third-order valence-electron chi connectivity index (χ3n) is 3.24. The van der Waals surface area contributed by atoms with Gasteiger partial charge in [-0.15, -0.1) is 0 Å². The van der Waals surface area contributed by atoms with Gasteiger partial charge in [0, 0.05) is 28.4 Å². The minimum absolute atomic E-state index is 0.0551. The molecule has 0 N–H and O–H groups in total. The van der Waals surface area contributed by atoms with Crippen LogP contribution < -0.4 is 10.3 Å². The molecule has 1 heterocycles. The predicted molar refractivity (Wildman–Crippen MR) is 98.6 cm³/mol. The number of pyridine rings is 1. The summed E-state index contributed by atoms with van der Waals surface area (Å²) in [5.74, 6) is -0.793. The monoisotopic (exact) mass is 419 g/mol. The van der Waals surface area contributed by atoms with Crippen molar-refractivity contribution in [3.63, 3.8) is 0 Å². The quantitative estimate of drug-likeness (QED) is 0.655. The van der Waals surface area contributed by atoms with Gasteiger partial charge in [0.05, 0.1) is 5.02 Å². The lowest BCUT2D eigenvalue weighted by Crippen LogP contribution is -2.30. The summed E-state index contributed by atoms with van der Waals surface area (Å²) in [4.78, 5) is 24.3. The SMILES string of the molecule is CC(C)(C)OC(=O)Cn1cc(Cl)c(-c2cc(Cl)ccc2OC(F)F)cc1=O. The van der Waals surface area contributed by atoms with Gasteiger partial charge in [-0.2, -0.15) is 8.78 Å². The Morgan fingerprint density at radius 3 is 2.44 bits per heavy atom. The van der Waals surface area contributed by atoms with Gasteiger partial charge in [-0.05, 0) is 39.0 Å². The number of carbonyl (C=O) groups excluding carboxylic acids is 1. The van der Waals surface area contributed by atoms with E-state index in [0.717, 1.165) is 10.6 Å². The molecule has 0 fully saturated rings. The summed E-state index contributed by atoms with van der Waals surface area (Å²) in [6.07, 6.45) is 1.23. The number of ether oxygens (including phenoxy) is 2. The van der Waals surface area contributed by atoms with Gasteiger partial charge in [-0.25, -0.2) is 0 Å². The zero-order valence-corrected chi connectivity index (χ0v) is 16.3. The van der Waals surface area contributed by atoms with Gasteiger partial charge in [0.25, 0.3) is 5.56 Å². The van der Waals surface area contributed by atoms with Gasteiger partial charge in [-0.1, -0.05) is 23.2 Å². The molecule has 5 nitrogen and oxygen atoms in total. The molecule has 0 atom stereocenters. The first-order valence-electron chi connectivity index (χ1n) is 7.83. The number of aromatic nitrogens is 1. The lowest BCUT2D eigenvalue weighted by atomic mass is 10.1. The highest BCUT2D eigenvalue weighted by molar-refractivity contribution is 6.34. The summed E-state index contributed by atoms with van der Waals surface area (Å²) in [5.41, 5.74) is -0.981. The second-order valence-electron chi connectivity index (χ2n) is 6.61. The van der Waals surface area contributed by atoms with Crippen molar-refractivity contribution in [2.45, 2.75) is 39.5 Å². The number of benzene rings is 1. The minimum Gasteiger partial charge on any atom is -0.459 e. The van der Waals surface area contributed by atoms with Crippen molar-refractivity contribution in [3.05, 3.63) is 50.9 Å². The van der Waals surface area contributed by atoms with E-state index in [9.17, 15) is 18.4 Å². The van der Waals surface area contributed by atoms with Gasteiger partial charge in [0.1, 0.15) is 17.9 Å². The van der Waals surface area contributed by atoms with Crippen molar-refractivity contribution in [1.82, 2.24) is 4.57 Å². The topological polar surface area (TPSA) is 57.5 Å². The number of hydrogen-bond donors (Lipinski definition) is 0. The van der Waals surface area contributed by atoms with Crippen LogP contribution in [0, 0.1) is 0 Å². The predicted octanol–water partition coefficient (Wildman–Crippen LogP) is 4.77. The highest BCUT2D eigenvalue weighted by Crippen LogP contribution is 2.36. The van der Waals surface area contributed by atoms with E-state index >= 15 is 0 Å². The molecular weight excluding hydrogens is 403 g/mol. The van der Waals surface area contributed by atoms with Gasteiger partial charge >= 0.3 is 12.6 Å². The van der Waals surface area contributed by atoms with Crippen LogP contribution in [0.1, 0.15) is 20.8 Å². The number of nitrogens with zero attached hydrogens (tertiary/aromatic N) is 1. The molecule has 9 heteroatoms. The molecule has 0 aliphatic carbocycles. The number of hydrogen-bond acceptors (Lipinski definition) is 4. The summed E-state index contributed by atoms with van der Waals surface area (Å²) in [5, 5.41) is 0.306. The van der Waals surface area contributed by atoms with E-state index in [0.29, 0.717) is 0 Å². The average molecular weight is 420 g/mol. The molecule has 0 bridgehead atoms. The van der Waals surface area contributed by atoms with Crippen LogP contribution in [0.4, 0.5) is 8.78 Å². The Bertz CT molecular complexity index is 907. The van der Waals surface area contributed by atoms with Gasteiger partial charge < -0.3 is 14.0 Å². The molecule has 0 aliphatic rings. The number of alkyl halides is 2. The second-order valence-corrected chi connectivity index (χ2v) is 7.45. The van der Waals surface area contributed by atoms with Crippen LogP contribution in [0.2, 0.25) is 10.0 Å². The molecule has 0 amide bonds. The fraction of sp³-hybridized carbons (Fsp3) is 0.333. The Morgan fingerprint density at radius 2 is 1.85 bits per heavy atom. The fourth-order valence-electron chi connectivity index (χ4n) is 2.30. The van der Waals surface area contributed by atoms with Crippen LogP contribution in [0.3, 0.4) is 0 Å².